The highest BCUT2D eigenvalue weighted by Gasteiger charge is 2.22. The van der Waals surface area contributed by atoms with Crippen LogP contribution in [0.15, 0.2) is 24.4 Å². The Bertz CT molecular complexity index is 538. The average molecular weight is 219 g/mol. The molecule has 0 unspecified atom stereocenters. The fourth-order valence-electron chi connectivity index (χ4n) is 1.92. The molecule has 1 aromatic heterocycles. The lowest BCUT2D eigenvalue weighted by atomic mass is 9.84. The number of aromatic nitrogens is 1. The molecule has 0 aliphatic heterocycles. The highest BCUT2D eigenvalue weighted by atomic mass is 19.1. The van der Waals surface area contributed by atoms with Crippen LogP contribution in [-0.2, 0) is 5.41 Å². The summed E-state index contributed by atoms with van der Waals surface area (Å²) in [7, 11) is 0. The molecule has 3 heteroatoms. The van der Waals surface area contributed by atoms with Gasteiger partial charge in [-0.2, -0.15) is 0 Å². The zero-order valence-corrected chi connectivity index (χ0v) is 9.58. The highest BCUT2D eigenvalue weighted by Crippen LogP contribution is 2.32. The maximum Gasteiger partial charge on any atom is 0.145 e. The zero-order chi connectivity index (χ0) is 11.9. The number of phenols is 1. The lowest BCUT2D eigenvalue weighted by molar-refractivity contribution is 0.475. The molecule has 16 heavy (non-hydrogen) atoms. The largest absolute Gasteiger partial charge is 0.508 e. The van der Waals surface area contributed by atoms with E-state index in [0.717, 1.165) is 0 Å². The van der Waals surface area contributed by atoms with Gasteiger partial charge >= 0.3 is 0 Å². The van der Waals surface area contributed by atoms with E-state index in [1.54, 1.807) is 18.2 Å². The van der Waals surface area contributed by atoms with E-state index in [2.05, 4.69) is 4.98 Å². The molecule has 0 bridgehead atoms. The standard InChI is InChI=1S/C13H14FNO/c1-13(2,3)12-9-6-8(16)4-5-11(9)15-7-10(12)14/h4-7,16H,1-3H3. The Labute approximate surface area is 93.8 Å². The molecular formula is C13H14FNO. The fraction of sp³-hybridized carbons (Fsp3) is 0.308. The van der Waals surface area contributed by atoms with E-state index in [1.165, 1.54) is 6.20 Å². The van der Waals surface area contributed by atoms with Crippen molar-refractivity contribution in [2.45, 2.75) is 26.2 Å². The van der Waals surface area contributed by atoms with Gasteiger partial charge in [0, 0.05) is 10.9 Å². The fourth-order valence-corrected chi connectivity index (χ4v) is 1.92. The van der Waals surface area contributed by atoms with Crippen LogP contribution in [0.3, 0.4) is 0 Å². The number of phenolic OH excluding ortho intramolecular Hbond substituents is 1. The lowest BCUT2D eigenvalue weighted by Crippen LogP contribution is -2.14. The van der Waals surface area contributed by atoms with Crippen LogP contribution in [0.1, 0.15) is 26.3 Å². The van der Waals surface area contributed by atoms with Crippen LogP contribution in [0.2, 0.25) is 0 Å². The molecule has 0 fully saturated rings. The monoisotopic (exact) mass is 219 g/mol. The van der Waals surface area contributed by atoms with Crippen molar-refractivity contribution in [2.24, 2.45) is 0 Å². The van der Waals surface area contributed by atoms with Gasteiger partial charge in [0.2, 0.25) is 0 Å². The van der Waals surface area contributed by atoms with E-state index < -0.39 is 0 Å². The molecule has 1 aromatic carbocycles. The first-order valence-electron chi connectivity index (χ1n) is 5.17. The summed E-state index contributed by atoms with van der Waals surface area (Å²) < 4.78 is 13.8. The Balaban J connectivity index is 2.88. The first kappa shape index (κ1) is 10.9. The topological polar surface area (TPSA) is 33.1 Å². The SMILES string of the molecule is CC(C)(C)c1c(F)cnc2ccc(O)cc12. The zero-order valence-electron chi connectivity index (χ0n) is 9.58. The number of pyridine rings is 1. The van der Waals surface area contributed by atoms with Gasteiger partial charge in [0.05, 0.1) is 11.7 Å². The van der Waals surface area contributed by atoms with Gasteiger partial charge < -0.3 is 5.11 Å². The highest BCUT2D eigenvalue weighted by molar-refractivity contribution is 5.84. The Kier molecular flexibility index (Phi) is 2.34. The van der Waals surface area contributed by atoms with E-state index >= 15 is 0 Å². The van der Waals surface area contributed by atoms with E-state index in [9.17, 15) is 9.50 Å². The summed E-state index contributed by atoms with van der Waals surface area (Å²) in [6.07, 6.45) is 1.24. The Hall–Kier alpha value is -1.64. The molecule has 0 aliphatic carbocycles. The third-order valence-electron chi connectivity index (χ3n) is 2.56. The molecule has 0 atom stereocenters. The van der Waals surface area contributed by atoms with Crippen molar-refractivity contribution >= 4 is 10.9 Å². The van der Waals surface area contributed by atoms with Crippen LogP contribution >= 0.6 is 0 Å². The number of hydrogen-bond donors (Lipinski definition) is 1. The average Bonchev–Trinajstić information content (AvgIpc) is 2.14. The molecule has 0 saturated carbocycles. The summed E-state index contributed by atoms with van der Waals surface area (Å²) in [5.41, 5.74) is 0.969. The van der Waals surface area contributed by atoms with Crippen LogP contribution in [0, 0.1) is 5.82 Å². The van der Waals surface area contributed by atoms with Crippen molar-refractivity contribution in [3.05, 3.63) is 35.8 Å². The van der Waals surface area contributed by atoms with Crippen LogP contribution in [0.4, 0.5) is 4.39 Å². The van der Waals surface area contributed by atoms with Crippen molar-refractivity contribution < 1.29 is 9.50 Å². The maximum absolute atomic E-state index is 13.8. The third kappa shape index (κ3) is 1.73. The van der Waals surface area contributed by atoms with Crippen molar-refractivity contribution in [3.8, 4) is 5.75 Å². The van der Waals surface area contributed by atoms with Gasteiger partial charge in [0.25, 0.3) is 0 Å². The van der Waals surface area contributed by atoms with Crippen molar-refractivity contribution in [1.29, 1.82) is 0 Å². The van der Waals surface area contributed by atoms with E-state index in [1.807, 2.05) is 20.8 Å². The molecule has 0 amide bonds. The minimum Gasteiger partial charge on any atom is -0.508 e. The third-order valence-corrected chi connectivity index (χ3v) is 2.56. The van der Waals surface area contributed by atoms with Gasteiger partial charge in [-0.1, -0.05) is 20.8 Å². The minimum absolute atomic E-state index is 0.130. The minimum atomic E-state index is -0.328. The molecule has 1 heterocycles. The second-order valence-electron chi connectivity index (χ2n) is 4.93. The lowest BCUT2D eigenvalue weighted by Gasteiger charge is -2.21. The Morgan fingerprint density at radius 1 is 1.25 bits per heavy atom. The molecule has 0 radical (unpaired) electrons. The second kappa shape index (κ2) is 3.44. The van der Waals surface area contributed by atoms with Crippen molar-refractivity contribution in [2.75, 3.05) is 0 Å². The van der Waals surface area contributed by atoms with Crippen molar-refractivity contribution in [3.63, 3.8) is 0 Å². The van der Waals surface area contributed by atoms with Gasteiger partial charge in [-0.25, -0.2) is 4.39 Å². The predicted molar refractivity (Wildman–Crippen MR) is 62.1 cm³/mol. The van der Waals surface area contributed by atoms with Gasteiger partial charge in [0.15, 0.2) is 0 Å². The Morgan fingerprint density at radius 2 is 1.94 bits per heavy atom. The summed E-state index contributed by atoms with van der Waals surface area (Å²) in [5, 5.41) is 10.1. The van der Waals surface area contributed by atoms with Crippen LogP contribution in [0.5, 0.6) is 5.75 Å². The van der Waals surface area contributed by atoms with E-state index in [4.69, 9.17) is 0 Å². The second-order valence-corrected chi connectivity index (χ2v) is 4.93. The van der Waals surface area contributed by atoms with Gasteiger partial charge in [0.1, 0.15) is 11.6 Å². The summed E-state index contributed by atoms with van der Waals surface area (Å²) in [4.78, 5) is 4.01. The molecule has 0 aliphatic rings. The van der Waals surface area contributed by atoms with Crippen LogP contribution < -0.4 is 0 Å². The van der Waals surface area contributed by atoms with Gasteiger partial charge in [-0.15, -0.1) is 0 Å². The number of nitrogens with zero attached hydrogens (tertiary/aromatic N) is 1. The number of hydrogen-bond acceptors (Lipinski definition) is 2. The van der Waals surface area contributed by atoms with E-state index in [-0.39, 0.29) is 17.0 Å². The first-order valence-corrected chi connectivity index (χ1v) is 5.17. The molecule has 0 saturated heterocycles. The quantitative estimate of drug-likeness (QED) is 0.736. The molecule has 0 spiro atoms. The van der Waals surface area contributed by atoms with Crippen molar-refractivity contribution in [1.82, 2.24) is 4.98 Å². The van der Waals surface area contributed by atoms with Crippen LogP contribution in [-0.4, -0.2) is 10.1 Å². The smallest absolute Gasteiger partial charge is 0.145 e. The summed E-state index contributed by atoms with van der Waals surface area (Å²) in [6.45, 7) is 5.82. The number of aromatic hydroxyl groups is 1. The number of halogens is 1. The molecule has 84 valence electrons. The maximum atomic E-state index is 13.8. The van der Waals surface area contributed by atoms with Gasteiger partial charge in [-0.3, -0.25) is 4.98 Å². The Morgan fingerprint density at radius 3 is 2.56 bits per heavy atom. The number of benzene rings is 1. The predicted octanol–water partition coefficient (Wildman–Crippen LogP) is 3.38. The molecule has 1 N–H and O–H groups in total. The normalized spacial score (nSPS) is 12.0. The summed E-state index contributed by atoms with van der Waals surface area (Å²) >= 11 is 0. The van der Waals surface area contributed by atoms with Crippen LogP contribution in [0.25, 0.3) is 10.9 Å². The molecular weight excluding hydrogens is 205 g/mol. The van der Waals surface area contributed by atoms with Gasteiger partial charge in [-0.05, 0) is 23.6 Å². The molecule has 2 rings (SSSR count). The summed E-state index contributed by atoms with van der Waals surface area (Å²) in [5.74, 6) is -0.198. The number of rotatable bonds is 0. The molecule has 2 aromatic rings. The van der Waals surface area contributed by atoms with E-state index in [0.29, 0.717) is 16.5 Å². The first-order chi connectivity index (χ1) is 7.39. The summed E-state index contributed by atoms with van der Waals surface area (Å²) in [6, 6.07) is 4.81. The number of fused-ring (bicyclic) bond motifs is 1. The molecule has 2 nitrogen and oxygen atoms in total.